The van der Waals surface area contributed by atoms with Gasteiger partial charge in [0.05, 0.1) is 19.0 Å². The molecule has 2 fully saturated rings. The number of benzene rings is 1. The van der Waals surface area contributed by atoms with E-state index in [4.69, 9.17) is 9.47 Å². The van der Waals surface area contributed by atoms with Crippen LogP contribution in [-0.4, -0.2) is 40.0 Å². The first-order valence-electron chi connectivity index (χ1n) is 7.80. The van der Waals surface area contributed by atoms with Gasteiger partial charge >= 0.3 is 0 Å². The summed E-state index contributed by atoms with van der Waals surface area (Å²) in [5, 5.41) is -0.357. The highest BCUT2D eigenvalue weighted by atomic mass is 32.2. The minimum absolute atomic E-state index is 0.00149. The summed E-state index contributed by atoms with van der Waals surface area (Å²) in [4.78, 5) is 0. The van der Waals surface area contributed by atoms with Crippen molar-refractivity contribution in [2.24, 2.45) is 5.92 Å². The second-order valence-electron chi connectivity index (χ2n) is 6.15. The Balaban J connectivity index is 1.71. The van der Waals surface area contributed by atoms with Crippen LogP contribution in [0.4, 0.5) is 0 Å². The third-order valence-electron chi connectivity index (χ3n) is 4.37. The number of sulfonamides is 1. The van der Waals surface area contributed by atoms with Gasteiger partial charge in [-0.1, -0.05) is 12.1 Å². The molecule has 0 amide bonds. The van der Waals surface area contributed by atoms with E-state index in [1.165, 1.54) is 0 Å². The van der Waals surface area contributed by atoms with Crippen molar-refractivity contribution in [2.75, 3.05) is 20.3 Å². The molecule has 122 valence electrons. The molecule has 1 N–H and O–H groups in total. The number of hydrogen-bond acceptors (Lipinski definition) is 4. The second kappa shape index (κ2) is 6.56. The van der Waals surface area contributed by atoms with Crippen LogP contribution in [0.3, 0.4) is 0 Å². The molecule has 0 unspecified atom stereocenters. The van der Waals surface area contributed by atoms with Gasteiger partial charge < -0.3 is 9.47 Å². The van der Waals surface area contributed by atoms with Crippen molar-refractivity contribution < 1.29 is 17.9 Å². The summed E-state index contributed by atoms with van der Waals surface area (Å²) >= 11 is 0. The summed E-state index contributed by atoms with van der Waals surface area (Å²) < 4.78 is 38.6. The molecule has 1 aromatic carbocycles. The van der Waals surface area contributed by atoms with Crippen LogP contribution in [0.2, 0.25) is 0 Å². The molecule has 1 aliphatic heterocycles. The fourth-order valence-corrected chi connectivity index (χ4v) is 4.92. The molecule has 1 saturated heterocycles. The molecule has 0 bridgehead atoms. The maximum absolute atomic E-state index is 12.6. The predicted octanol–water partition coefficient (Wildman–Crippen LogP) is 1.72. The zero-order valence-electron chi connectivity index (χ0n) is 12.8. The van der Waals surface area contributed by atoms with E-state index in [-0.39, 0.29) is 17.2 Å². The van der Waals surface area contributed by atoms with Crippen LogP contribution in [0.1, 0.15) is 24.8 Å². The van der Waals surface area contributed by atoms with Crippen molar-refractivity contribution in [2.45, 2.75) is 37.0 Å². The fraction of sp³-hybridized carbons (Fsp3) is 0.625. The first-order chi connectivity index (χ1) is 10.6. The van der Waals surface area contributed by atoms with Crippen molar-refractivity contribution >= 4 is 10.0 Å². The predicted molar refractivity (Wildman–Crippen MR) is 84.5 cm³/mol. The summed E-state index contributed by atoms with van der Waals surface area (Å²) in [5.41, 5.74) is 1.11. The average Bonchev–Trinajstić information content (AvgIpc) is 3.32. The fourth-order valence-electron chi connectivity index (χ4n) is 2.96. The average molecular weight is 325 g/mol. The highest BCUT2D eigenvalue weighted by molar-refractivity contribution is 7.90. The van der Waals surface area contributed by atoms with Crippen LogP contribution in [0.15, 0.2) is 24.3 Å². The molecule has 0 spiro atoms. The zero-order chi connectivity index (χ0) is 15.6. The standard InChI is InChI=1S/C16H23NO4S/c1-20-15-6-2-12(3-7-15)10-13-11-21-9-8-16(13)22(18,19)17-14-4-5-14/h2-3,6-7,13-14,16-17H,4-5,8-11H2,1H3/t13-,16+/m1/s1. The lowest BCUT2D eigenvalue weighted by atomic mass is 9.93. The summed E-state index contributed by atoms with van der Waals surface area (Å²) in [6.45, 7) is 1.03. The highest BCUT2D eigenvalue weighted by Crippen LogP contribution is 2.28. The molecule has 0 aromatic heterocycles. The van der Waals surface area contributed by atoms with Gasteiger partial charge in [0.25, 0.3) is 0 Å². The molecule has 5 nitrogen and oxygen atoms in total. The molecule has 1 heterocycles. The third-order valence-corrected chi connectivity index (χ3v) is 6.45. The Labute approximate surface area is 132 Å². The molecule has 22 heavy (non-hydrogen) atoms. The molecule has 2 aliphatic rings. The Morgan fingerprint density at radius 1 is 1.23 bits per heavy atom. The quantitative estimate of drug-likeness (QED) is 0.865. The van der Waals surface area contributed by atoms with E-state index in [0.29, 0.717) is 26.1 Å². The van der Waals surface area contributed by atoms with Crippen LogP contribution in [0, 0.1) is 5.92 Å². The van der Waals surface area contributed by atoms with Gasteiger partial charge in [-0.3, -0.25) is 0 Å². The van der Waals surface area contributed by atoms with Crippen LogP contribution in [0.25, 0.3) is 0 Å². The molecule has 1 saturated carbocycles. The van der Waals surface area contributed by atoms with Crippen molar-refractivity contribution in [3.05, 3.63) is 29.8 Å². The lowest BCUT2D eigenvalue weighted by Gasteiger charge is -2.31. The van der Waals surface area contributed by atoms with Crippen LogP contribution >= 0.6 is 0 Å². The maximum atomic E-state index is 12.6. The Morgan fingerprint density at radius 3 is 2.59 bits per heavy atom. The smallest absolute Gasteiger partial charge is 0.215 e. The van der Waals surface area contributed by atoms with Gasteiger partial charge in [0, 0.05) is 18.6 Å². The summed E-state index contributed by atoms with van der Waals surface area (Å²) in [5.74, 6) is 0.807. The summed E-state index contributed by atoms with van der Waals surface area (Å²) in [7, 11) is -1.62. The third kappa shape index (κ3) is 3.80. The Morgan fingerprint density at radius 2 is 1.95 bits per heavy atom. The number of nitrogens with one attached hydrogen (secondary N) is 1. The monoisotopic (exact) mass is 325 g/mol. The first kappa shape index (κ1) is 15.8. The van der Waals surface area contributed by atoms with Crippen molar-refractivity contribution in [3.63, 3.8) is 0 Å². The summed E-state index contributed by atoms with van der Waals surface area (Å²) in [6, 6.07) is 7.96. The Hall–Kier alpha value is -1.11. The lowest BCUT2D eigenvalue weighted by molar-refractivity contribution is 0.0570. The van der Waals surface area contributed by atoms with E-state index < -0.39 is 10.0 Å². The molecule has 1 aliphatic carbocycles. The molecular weight excluding hydrogens is 302 g/mol. The van der Waals surface area contributed by atoms with Crippen molar-refractivity contribution in [3.8, 4) is 5.75 Å². The maximum Gasteiger partial charge on any atom is 0.215 e. The topological polar surface area (TPSA) is 64.6 Å². The van der Waals surface area contributed by atoms with Crippen LogP contribution < -0.4 is 9.46 Å². The van der Waals surface area contributed by atoms with E-state index in [9.17, 15) is 8.42 Å². The molecule has 2 atom stereocenters. The molecule has 1 aromatic rings. The van der Waals surface area contributed by atoms with Crippen LogP contribution in [-0.2, 0) is 21.2 Å². The lowest BCUT2D eigenvalue weighted by Crippen LogP contribution is -2.45. The second-order valence-corrected chi connectivity index (χ2v) is 8.08. The summed E-state index contributed by atoms with van der Waals surface area (Å²) in [6.07, 6.45) is 3.21. The van der Waals surface area contributed by atoms with E-state index in [0.717, 1.165) is 24.2 Å². The largest absolute Gasteiger partial charge is 0.497 e. The van der Waals surface area contributed by atoms with Gasteiger partial charge in [0.15, 0.2) is 0 Å². The Kier molecular flexibility index (Phi) is 4.70. The molecule has 6 heteroatoms. The van der Waals surface area contributed by atoms with Gasteiger partial charge in [-0.05, 0) is 43.4 Å². The molecular formula is C16H23NO4S. The zero-order valence-corrected chi connectivity index (χ0v) is 13.6. The normalized spacial score (nSPS) is 25.9. The van der Waals surface area contributed by atoms with E-state index >= 15 is 0 Å². The first-order valence-corrected chi connectivity index (χ1v) is 9.35. The van der Waals surface area contributed by atoms with Gasteiger partial charge in [0.1, 0.15) is 5.75 Å². The van der Waals surface area contributed by atoms with Crippen molar-refractivity contribution in [1.82, 2.24) is 4.72 Å². The van der Waals surface area contributed by atoms with Gasteiger partial charge in [-0.2, -0.15) is 0 Å². The van der Waals surface area contributed by atoms with Crippen LogP contribution in [0.5, 0.6) is 5.75 Å². The minimum Gasteiger partial charge on any atom is -0.497 e. The van der Waals surface area contributed by atoms with E-state index in [2.05, 4.69) is 4.72 Å². The number of rotatable bonds is 6. The van der Waals surface area contributed by atoms with Gasteiger partial charge in [-0.15, -0.1) is 0 Å². The van der Waals surface area contributed by atoms with Crippen molar-refractivity contribution in [1.29, 1.82) is 0 Å². The molecule has 0 radical (unpaired) electrons. The van der Waals surface area contributed by atoms with Gasteiger partial charge in [-0.25, -0.2) is 13.1 Å². The minimum atomic E-state index is -3.26. The highest BCUT2D eigenvalue weighted by Gasteiger charge is 2.39. The number of hydrogen-bond donors (Lipinski definition) is 1. The Bertz CT molecular complexity index is 595. The van der Waals surface area contributed by atoms with Gasteiger partial charge in [0.2, 0.25) is 10.0 Å². The van der Waals surface area contributed by atoms with E-state index in [1.54, 1.807) is 7.11 Å². The molecule has 3 rings (SSSR count). The number of ether oxygens (including phenoxy) is 2. The SMILES string of the molecule is COc1ccc(C[C@@H]2COCC[C@@H]2S(=O)(=O)NC2CC2)cc1. The van der Waals surface area contributed by atoms with E-state index in [1.807, 2.05) is 24.3 Å². The number of methoxy groups -OCH3 is 1.